The number of halogens is 2. The van der Waals surface area contributed by atoms with Crippen LogP contribution in [0.4, 0.5) is 25.0 Å². The van der Waals surface area contributed by atoms with E-state index in [2.05, 4.69) is 26.4 Å². The zero-order valence-electron chi connectivity index (χ0n) is 27.5. The van der Waals surface area contributed by atoms with Crippen LogP contribution in [0, 0.1) is 23.7 Å². The Labute approximate surface area is 282 Å². The van der Waals surface area contributed by atoms with Crippen LogP contribution in [-0.4, -0.2) is 75.9 Å². The predicted octanol–water partition coefficient (Wildman–Crippen LogP) is 4.40. The first-order chi connectivity index (χ1) is 23.2. The predicted molar refractivity (Wildman–Crippen MR) is 178 cm³/mol. The van der Waals surface area contributed by atoms with Gasteiger partial charge in [-0.15, -0.1) is 0 Å². The number of nitrogens with one attached hydrogen (secondary N) is 5. The first-order valence-electron chi connectivity index (χ1n) is 16.6. The van der Waals surface area contributed by atoms with Crippen LogP contribution in [0.5, 0.6) is 0 Å². The van der Waals surface area contributed by atoms with Gasteiger partial charge in [0.1, 0.15) is 11.6 Å². The Hall–Kier alpha value is -4.88. The average molecular weight is 678 g/mol. The van der Waals surface area contributed by atoms with Gasteiger partial charge in [-0.3, -0.25) is 14.4 Å². The van der Waals surface area contributed by atoms with E-state index in [1.807, 2.05) is 31.2 Å². The van der Waals surface area contributed by atoms with Gasteiger partial charge in [0.25, 0.3) is 11.8 Å². The number of anilines is 2. The van der Waals surface area contributed by atoms with Crippen molar-refractivity contribution < 1.29 is 33.2 Å². The van der Waals surface area contributed by atoms with Crippen LogP contribution >= 0.6 is 0 Å². The molecule has 4 aliphatic rings. The number of amides is 5. The Bertz CT molecular complexity index is 1710. The molecule has 1 heterocycles. The van der Waals surface area contributed by atoms with E-state index in [0.29, 0.717) is 24.5 Å². The number of alkyl halides is 2. The van der Waals surface area contributed by atoms with Crippen molar-refractivity contribution in [2.45, 2.75) is 82.7 Å². The molecule has 1 unspecified atom stereocenters. The van der Waals surface area contributed by atoms with E-state index in [9.17, 15) is 33.2 Å². The summed E-state index contributed by atoms with van der Waals surface area (Å²) in [5, 5.41) is 31.2. The first kappa shape index (κ1) is 34.0. The van der Waals surface area contributed by atoms with E-state index in [4.69, 9.17) is 5.41 Å². The minimum absolute atomic E-state index is 0.0251. The Morgan fingerprint density at radius 3 is 2.29 bits per heavy atom. The molecule has 49 heavy (non-hydrogen) atoms. The lowest BCUT2D eigenvalue weighted by atomic mass is 9.81. The number of aryl methyl sites for hydroxylation is 1. The quantitative estimate of drug-likeness (QED) is 0.131. The highest BCUT2D eigenvalue weighted by Gasteiger charge is 2.57. The molecule has 2 aromatic rings. The number of urea groups is 1. The second-order valence-corrected chi connectivity index (χ2v) is 14.1. The summed E-state index contributed by atoms with van der Waals surface area (Å²) >= 11 is 0. The molecule has 1 aliphatic heterocycles. The number of carbonyl (C=O) groups excluding carboxylic acids is 4. The van der Waals surface area contributed by atoms with Crippen LogP contribution in [-0.2, 0) is 27.2 Å². The monoisotopic (exact) mass is 677 g/mol. The number of fused-ring (bicyclic) bond motifs is 1. The van der Waals surface area contributed by atoms with Crippen molar-refractivity contribution in [1.29, 1.82) is 5.41 Å². The summed E-state index contributed by atoms with van der Waals surface area (Å²) < 4.78 is 28.0. The molecular formula is C35H41F2N7O5. The van der Waals surface area contributed by atoms with E-state index in [0.717, 1.165) is 29.5 Å². The summed E-state index contributed by atoms with van der Waals surface area (Å²) in [7, 11) is 0. The molecule has 1 spiro atoms. The van der Waals surface area contributed by atoms with Gasteiger partial charge in [-0.2, -0.15) is 0 Å². The van der Waals surface area contributed by atoms with Gasteiger partial charge in [-0.25, -0.2) is 13.6 Å². The average Bonchev–Trinajstić information content (AvgIpc) is 3.70. The van der Waals surface area contributed by atoms with Crippen molar-refractivity contribution >= 4 is 46.6 Å². The number of benzene rings is 2. The number of hydrogen-bond acceptors (Lipinski definition) is 7. The molecule has 260 valence electrons. The molecule has 0 aromatic heterocycles. The topological polar surface area (TPSA) is 176 Å². The molecule has 0 bridgehead atoms. The molecular weight excluding hydrogens is 636 g/mol. The van der Waals surface area contributed by atoms with Crippen molar-refractivity contribution in [2.24, 2.45) is 16.5 Å². The van der Waals surface area contributed by atoms with Gasteiger partial charge in [-0.05, 0) is 80.8 Å². The molecule has 6 N–H and O–H groups in total. The van der Waals surface area contributed by atoms with Crippen molar-refractivity contribution in [1.82, 2.24) is 15.5 Å². The maximum absolute atomic E-state index is 14.2. The van der Waals surface area contributed by atoms with E-state index in [1.54, 1.807) is 23.1 Å². The first-order valence-corrected chi connectivity index (χ1v) is 16.6. The highest BCUT2D eigenvalue weighted by atomic mass is 19.3. The van der Waals surface area contributed by atoms with Crippen LogP contribution in [0.15, 0.2) is 47.6 Å². The molecule has 3 fully saturated rings. The smallest absolute Gasteiger partial charge is 0.318 e. The third-order valence-electron chi connectivity index (χ3n) is 10.5. The number of hydrogen-bond donors (Lipinski definition) is 6. The van der Waals surface area contributed by atoms with Crippen LogP contribution in [0.25, 0.3) is 0 Å². The fraction of sp³-hybridized carbons (Fsp3) is 0.486. The molecule has 6 rings (SSSR count). The van der Waals surface area contributed by atoms with Crippen molar-refractivity contribution in [2.75, 3.05) is 23.7 Å². The number of oxime groups is 1. The lowest BCUT2D eigenvalue weighted by Gasteiger charge is -2.44. The van der Waals surface area contributed by atoms with Crippen LogP contribution in [0.2, 0.25) is 0 Å². The number of carbonyl (C=O) groups is 4. The Balaban J connectivity index is 1.25. The lowest BCUT2D eigenvalue weighted by Crippen LogP contribution is -2.66. The van der Waals surface area contributed by atoms with Gasteiger partial charge in [0, 0.05) is 55.6 Å². The maximum Gasteiger partial charge on any atom is 0.318 e. The van der Waals surface area contributed by atoms with Gasteiger partial charge in [0.15, 0.2) is 5.71 Å². The summed E-state index contributed by atoms with van der Waals surface area (Å²) in [5.41, 5.74) is 1.39. The number of nitrogens with zero attached hydrogens (tertiary/aromatic N) is 2. The third kappa shape index (κ3) is 6.99. The molecule has 2 saturated carbocycles. The zero-order valence-corrected chi connectivity index (χ0v) is 27.5. The summed E-state index contributed by atoms with van der Waals surface area (Å²) in [5.74, 6) is -5.44. The number of rotatable bonds is 9. The fourth-order valence-electron chi connectivity index (χ4n) is 7.28. The summed E-state index contributed by atoms with van der Waals surface area (Å²) in [4.78, 5) is 55.9. The second-order valence-electron chi connectivity index (χ2n) is 14.1. The molecule has 5 amide bonds. The summed E-state index contributed by atoms with van der Waals surface area (Å²) in [6.45, 7) is 4.22. The standard InChI is InChI=1S/C35H41F2N7O5/c1-20-3-6-25(7-4-20)41-31(47)34(44-19-33(13-14-33)18-39-32(44)48)16-23-5-8-26(15-24(23)17-34)40-30(46)28(22-9-11-35(36,37)12-10-22)42-29(45)27(43-49)21(2)38/h3-8,15,22,28,38,49H,9-14,16-19H2,1-2H3,(H,39,48)(H,40,46)(H,41,47)(H,42,45)/t28-,34?/m0/s1. The van der Waals surface area contributed by atoms with Crippen LogP contribution < -0.4 is 21.3 Å². The van der Waals surface area contributed by atoms with E-state index >= 15 is 0 Å². The van der Waals surface area contributed by atoms with Gasteiger partial charge in [-0.1, -0.05) is 28.9 Å². The molecule has 1 saturated heterocycles. The van der Waals surface area contributed by atoms with Crippen LogP contribution in [0.1, 0.15) is 62.1 Å². The van der Waals surface area contributed by atoms with E-state index in [-0.39, 0.29) is 48.7 Å². The molecule has 2 atom stereocenters. The summed E-state index contributed by atoms with van der Waals surface area (Å²) in [6, 6.07) is 11.1. The fourth-order valence-corrected chi connectivity index (χ4v) is 7.28. The SMILES string of the molecule is CC(=N)C(=NO)C(=O)N[C@H](C(=O)Nc1ccc2c(c1)CC(C(=O)Nc1ccc(C)cc1)(N1CC3(CC3)CNC1=O)C2)C1CCC(F)(F)CC1. The summed E-state index contributed by atoms with van der Waals surface area (Å²) in [6.07, 6.45) is 1.44. The second kappa shape index (κ2) is 12.9. The Morgan fingerprint density at radius 1 is 1.00 bits per heavy atom. The van der Waals surface area contributed by atoms with E-state index in [1.165, 1.54) is 6.92 Å². The minimum Gasteiger partial charge on any atom is -0.410 e. The minimum atomic E-state index is -2.87. The Kier molecular flexibility index (Phi) is 8.92. The zero-order chi connectivity index (χ0) is 35.1. The third-order valence-corrected chi connectivity index (χ3v) is 10.5. The van der Waals surface area contributed by atoms with Crippen LogP contribution in [0.3, 0.4) is 0 Å². The Morgan fingerprint density at radius 2 is 1.65 bits per heavy atom. The van der Waals surface area contributed by atoms with Crippen molar-refractivity contribution in [3.63, 3.8) is 0 Å². The van der Waals surface area contributed by atoms with Gasteiger partial charge >= 0.3 is 6.03 Å². The largest absolute Gasteiger partial charge is 0.410 e. The van der Waals surface area contributed by atoms with Gasteiger partial charge in [0.05, 0.1) is 5.71 Å². The van der Waals surface area contributed by atoms with Gasteiger partial charge in [0.2, 0.25) is 11.8 Å². The highest BCUT2D eigenvalue weighted by molar-refractivity contribution is 6.65. The molecule has 0 radical (unpaired) electrons. The molecule has 3 aliphatic carbocycles. The normalized spacial score (nSPS) is 23.2. The maximum atomic E-state index is 14.2. The van der Waals surface area contributed by atoms with Crippen molar-refractivity contribution in [3.8, 4) is 0 Å². The van der Waals surface area contributed by atoms with E-state index < -0.39 is 53.8 Å². The van der Waals surface area contributed by atoms with Gasteiger partial charge < -0.3 is 36.8 Å². The molecule has 14 heteroatoms. The molecule has 2 aromatic carbocycles. The lowest BCUT2D eigenvalue weighted by molar-refractivity contribution is -0.127. The highest BCUT2D eigenvalue weighted by Crippen LogP contribution is 2.50. The molecule has 12 nitrogen and oxygen atoms in total. The van der Waals surface area contributed by atoms with Crippen molar-refractivity contribution in [3.05, 3.63) is 59.2 Å².